The number of hydrogen-bond acceptors (Lipinski definition) is 3. The van der Waals surface area contributed by atoms with Gasteiger partial charge >= 0.3 is 0 Å². The van der Waals surface area contributed by atoms with Gasteiger partial charge in [-0.05, 0) is 69.4 Å². The molecule has 0 atom stereocenters. The summed E-state index contributed by atoms with van der Waals surface area (Å²) < 4.78 is 0. The molecule has 0 spiro atoms. The zero-order chi connectivity index (χ0) is 19.1. The van der Waals surface area contributed by atoms with Crippen molar-refractivity contribution in [2.75, 3.05) is 64.3 Å². The summed E-state index contributed by atoms with van der Waals surface area (Å²) in [5.41, 5.74) is 2.67. The van der Waals surface area contributed by atoms with Crippen molar-refractivity contribution in [2.45, 2.75) is 33.1 Å². The summed E-state index contributed by atoms with van der Waals surface area (Å²) in [6, 6.07) is 8.83. The summed E-state index contributed by atoms with van der Waals surface area (Å²) in [4.78, 5) is 12.0. The summed E-state index contributed by atoms with van der Waals surface area (Å²) in [5, 5.41) is 3.62. The number of piperazine rings is 1. The van der Waals surface area contributed by atoms with Gasteiger partial charge < -0.3 is 20.0 Å². The number of nitrogens with one attached hydrogen (secondary N) is 1. The lowest BCUT2D eigenvalue weighted by Gasteiger charge is -2.38. The Bertz CT molecular complexity index is 605. The predicted molar refractivity (Wildman–Crippen MR) is 131 cm³/mol. The van der Waals surface area contributed by atoms with E-state index in [1.165, 1.54) is 50.1 Å². The molecule has 1 N–H and O–H groups in total. The lowest BCUT2D eigenvalue weighted by Crippen LogP contribution is -2.52. The Morgan fingerprint density at radius 2 is 1.82 bits per heavy atom. The molecule has 2 aliphatic rings. The molecule has 0 saturated carbocycles. The van der Waals surface area contributed by atoms with Crippen LogP contribution in [0.2, 0.25) is 0 Å². The zero-order valence-electron chi connectivity index (χ0n) is 17.9. The maximum absolute atomic E-state index is 4.54. The first-order valence-corrected chi connectivity index (χ1v) is 10.7. The largest absolute Gasteiger partial charge is 0.368 e. The molecule has 0 aliphatic carbocycles. The van der Waals surface area contributed by atoms with E-state index >= 15 is 0 Å². The summed E-state index contributed by atoms with van der Waals surface area (Å²) in [7, 11) is 1.91. The van der Waals surface area contributed by atoms with E-state index in [2.05, 4.69) is 63.1 Å². The van der Waals surface area contributed by atoms with Crippen molar-refractivity contribution in [1.82, 2.24) is 15.1 Å². The Hall–Kier alpha value is -1.02. The Morgan fingerprint density at radius 3 is 2.43 bits per heavy atom. The van der Waals surface area contributed by atoms with Gasteiger partial charge in [-0.25, -0.2) is 0 Å². The van der Waals surface area contributed by atoms with E-state index in [9.17, 15) is 0 Å². The van der Waals surface area contributed by atoms with E-state index in [4.69, 9.17) is 0 Å². The van der Waals surface area contributed by atoms with Crippen LogP contribution in [0.25, 0.3) is 0 Å². The van der Waals surface area contributed by atoms with Gasteiger partial charge in [-0.3, -0.25) is 4.99 Å². The Kier molecular flexibility index (Phi) is 9.85. The molecular formula is C22H38IN5. The number of nitrogens with zero attached hydrogens (tertiary/aromatic N) is 4. The number of aryl methyl sites for hydroxylation is 1. The molecule has 1 aromatic rings. The van der Waals surface area contributed by atoms with Crippen LogP contribution in [-0.2, 0) is 0 Å². The van der Waals surface area contributed by atoms with Crippen LogP contribution in [0, 0.1) is 12.8 Å². The van der Waals surface area contributed by atoms with Gasteiger partial charge in [0.15, 0.2) is 5.96 Å². The highest BCUT2D eigenvalue weighted by molar-refractivity contribution is 14.0. The Morgan fingerprint density at radius 1 is 1.11 bits per heavy atom. The van der Waals surface area contributed by atoms with Gasteiger partial charge in [0.25, 0.3) is 0 Å². The molecule has 0 amide bonds. The first-order chi connectivity index (χ1) is 13.2. The second-order valence-corrected chi connectivity index (χ2v) is 7.95. The smallest absolute Gasteiger partial charge is 0.193 e. The number of hydrogen-bond donors (Lipinski definition) is 1. The van der Waals surface area contributed by atoms with E-state index in [1.54, 1.807) is 0 Å². The van der Waals surface area contributed by atoms with Crippen LogP contribution >= 0.6 is 24.0 Å². The topological polar surface area (TPSA) is 34.1 Å². The Balaban J connectivity index is 0.00000280. The minimum absolute atomic E-state index is 0. The number of piperidine rings is 1. The quantitative estimate of drug-likeness (QED) is 0.383. The number of benzene rings is 1. The monoisotopic (exact) mass is 499 g/mol. The van der Waals surface area contributed by atoms with Crippen molar-refractivity contribution in [2.24, 2.45) is 10.9 Å². The molecule has 0 bridgehead atoms. The molecule has 0 radical (unpaired) electrons. The van der Waals surface area contributed by atoms with Gasteiger partial charge in [-0.15, -0.1) is 24.0 Å². The van der Waals surface area contributed by atoms with Crippen LogP contribution in [-0.4, -0.2) is 75.2 Å². The molecule has 2 saturated heterocycles. The first-order valence-electron chi connectivity index (χ1n) is 10.7. The van der Waals surface area contributed by atoms with Crippen molar-refractivity contribution < 1.29 is 0 Å². The molecule has 2 heterocycles. The Labute approximate surface area is 188 Å². The minimum atomic E-state index is 0. The number of anilines is 1. The van der Waals surface area contributed by atoms with Gasteiger partial charge in [0, 0.05) is 45.5 Å². The SMILES string of the molecule is CCN1CCC(CCNC(=NC)N2CCN(c3cccc(C)c3)CC2)CC1.I. The lowest BCUT2D eigenvalue weighted by atomic mass is 9.93. The van der Waals surface area contributed by atoms with Gasteiger partial charge in [-0.1, -0.05) is 19.1 Å². The third-order valence-electron chi connectivity index (χ3n) is 6.15. The molecule has 2 fully saturated rings. The fourth-order valence-corrected chi connectivity index (χ4v) is 4.31. The minimum Gasteiger partial charge on any atom is -0.368 e. The average molecular weight is 499 g/mol. The molecule has 3 rings (SSSR count). The number of halogens is 1. The molecule has 5 nitrogen and oxygen atoms in total. The highest BCUT2D eigenvalue weighted by Gasteiger charge is 2.21. The van der Waals surface area contributed by atoms with Crippen LogP contribution < -0.4 is 10.2 Å². The van der Waals surface area contributed by atoms with E-state index in [0.29, 0.717) is 0 Å². The normalized spacial score (nSPS) is 19.5. The standard InChI is InChI=1S/C22H37N5.HI/c1-4-25-12-9-20(10-13-25)8-11-24-22(23-3)27-16-14-26(15-17-27)21-7-5-6-19(2)18-21;/h5-7,18,20H,4,8-17H2,1-3H3,(H,23,24);1H. The lowest BCUT2D eigenvalue weighted by molar-refractivity contribution is 0.187. The second kappa shape index (κ2) is 11.9. The fraction of sp³-hybridized carbons (Fsp3) is 0.682. The number of guanidine groups is 1. The van der Waals surface area contributed by atoms with E-state index < -0.39 is 0 Å². The summed E-state index contributed by atoms with van der Waals surface area (Å²) in [6.45, 7) is 13.4. The highest BCUT2D eigenvalue weighted by Crippen LogP contribution is 2.20. The third-order valence-corrected chi connectivity index (χ3v) is 6.15. The molecule has 1 aromatic carbocycles. The van der Waals surface area contributed by atoms with Crippen LogP contribution in [0.5, 0.6) is 0 Å². The second-order valence-electron chi connectivity index (χ2n) is 7.95. The predicted octanol–water partition coefficient (Wildman–Crippen LogP) is 3.43. The number of aliphatic imine (C=N–C) groups is 1. The molecule has 28 heavy (non-hydrogen) atoms. The van der Waals surface area contributed by atoms with Crippen LogP contribution in [0.3, 0.4) is 0 Å². The third kappa shape index (κ3) is 6.51. The van der Waals surface area contributed by atoms with Crippen molar-refractivity contribution in [3.8, 4) is 0 Å². The van der Waals surface area contributed by atoms with E-state index in [-0.39, 0.29) is 24.0 Å². The molecular weight excluding hydrogens is 461 g/mol. The van der Waals surface area contributed by atoms with Crippen LogP contribution in [0.1, 0.15) is 31.7 Å². The molecule has 0 unspecified atom stereocenters. The molecule has 158 valence electrons. The molecule has 6 heteroatoms. The molecule has 0 aromatic heterocycles. The summed E-state index contributed by atoms with van der Waals surface area (Å²) in [6.07, 6.45) is 3.96. The van der Waals surface area contributed by atoms with Gasteiger partial charge in [0.05, 0.1) is 0 Å². The van der Waals surface area contributed by atoms with Gasteiger partial charge in [0.1, 0.15) is 0 Å². The van der Waals surface area contributed by atoms with Crippen LogP contribution in [0.15, 0.2) is 29.3 Å². The average Bonchev–Trinajstić information content (AvgIpc) is 2.72. The van der Waals surface area contributed by atoms with Gasteiger partial charge in [-0.2, -0.15) is 0 Å². The maximum Gasteiger partial charge on any atom is 0.193 e. The van der Waals surface area contributed by atoms with Crippen molar-refractivity contribution >= 4 is 35.6 Å². The first kappa shape index (κ1) is 23.3. The van der Waals surface area contributed by atoms with Crippen LogP contribution in [0.4, 0.5) is 5.69 Å². The maximum atomic E-state index is 4.54. The van der Waals surface area contributed by atoms with Crippen molar-refractivity contribution in [1.29, 1.82) is 0 Å². The molecule has 2 aliphatic heterocycles. The number of rotatable bonds is 5. The highest BCUT2D eigenvalue weighted by atomic mass is 127. The van der Waals surface area contributed by atoms with Gasteiger partial charge in [0.2, 0.25) is 0 Å². The number of likely N-dealkylation sites (tertiary alicyclic amines) is 1. The van der Waals surface area contributed by atoms with E-state index in [1.807, 2.05) is 7.05 Å². The van der Waals surface area contributed by atoms with Crippen molar-refractivity contribution in [3.63, 3.8) is 0 Å². The summed E-state index contributed by atoms with van der Waals surface area (Å²) in [5.74, 6) is 1.95. The fourth-order valence-electron chi connectivity index (χ4n) is 4.31. The van der Waals surface area contributed by atoms with E-state index in [0.717, 1.165) is 44.6 Å². The van der Waals surface area contributed by atoms with Crippen molar-refractivity contribution in [3.05, 3.63) is 29.8 Å². The summed E-state index contributed by atoms with van der Waals surface area (Å²) >= 11 is 0. The zero-order valence-corrected chi connectivity index (χ0v) is 20.2.